The minimum Gasteiger partial charge on any atom is -0.497 e. The molecule has 0 aliphatic carbocycles. The van der Waals surface area contributed by atoms with Gasteiger partial charge in [-0.15, -0.1) is 0 Å². The number of nitrogens with zero attached hydrogens (tertiary/aromatic N) is 1. The number of hydrogen-bond acceptors (Lipinski definition) is 6. The Morgan fingerprint density at radius 2 is 2.05 bits per heavy atom. The fourth-order valence-corrected chi connectivity index (χ4v) is 2.52. The molecule has 1 aliphatic heterocycles. The van der Waals surface area contributed by atoms with E-state index in [4.69, 9.17) is 14.6 Å². The van der Waals surface area contributed by atoms with Gasteiger partial charge in [-0.1, -0.05) is 0 Å². The lowest BCUT2D eigenvalue weighted by Crippen LogP contribution is -2.28. The highest BCUT2D eigenvalue weighted by molar-refractivity contribution is 8.18. The Kier molecular flexibility index (Phi) is 4.31. The van der Waals surface area contributed by atoms with E-state index in [2.05, 4.69) is 0 Å². The Bertz CT molecular complexity index is 584. The number of ether oxygens (including phenoxy) is 2. The molecule has 0 atom stereocenters. The standard InChI is InChI=1S/C13H13NO5S/c1-18-9-4-3-8(10(6-9)19-2)5-11-12(16)14(7-15)13(17)20-11/h3-6,15H,7H2,1-2H3/b11-5-. The molecule has 6 nitrogen and oxygen atoms in total. The lowest BCUT2D eigenvalue weighted by molar-refractivity contribution is -0.125. The summed E-state index contributed by atoms with van der Waals surface area (Å²) in [5, 5.41) is 8.47. The zero-order valence-corrected chi connectivity index (χ0v) is 11.8. The molecule has 2 rings (SSSR count). The fraction of sp³-hybridized carbons (Fsp3) is 0.231. The van der Waals surface area contributed by atoms with Crippen molar-refractivity contribution in [3.05, 3.63) is 28.7 Å². The van der Waals surface area contributed by atoms with Gasteiger partial charge in [-0.05, 0) is 30.0 Å². The smallest absolute Gasteiger partial charge is 0.295 e. The third-order valence-corrected chi connectivity index (χ3v) is 3.65. The minimum absolute atomic E-state index is 0.243. The number of imide groups is 1. The molecule has 0 saturated carbocycles. The van der Waals surface area contributed by atoms with Crippen molar-refractivity contribution in [3.63, 3.8) is 0 Å². The zero-order chi connectivity index (χ0) is 14.7. The molecule has 2 amide bonds. The Labute approximate surface area is 120 Å². The molecule has 1 aromatic rings. The number of amides is 2. The van der Waals surface area contributed by atoms with Gasteiger partial charge in [-0.2, -0.15) is 0 Å². The number of hydrogen-bond donors (Lipinski definition) is 1. The molecule has 7 heteroatoms. The summed E-state index contributed by atoms with van der Waals surface area (Å²) in [6.07, 6.45) is 1.55. The first kappa shape index (κ1) is 14.4. The first-order chi connectivity index (χ1) is 9.60. The summed E-state index contributed by atoms with van der Waals surface area (Å²) in [4.78, 5) is 24.4. The number of aliphatic hydroxyl groups excluding tert-OH is 1. The monoisotopic (exact) mass is 295 g/mol. The second kappa shape index (κ2) is 5.98. The maximum absolute atomic E-state index is 11.9. The van der Waals surface area contributed by atoms with E-state index in [-0.39, 0.29) is 4.91 Å². The van der Waals surface area contributed by atoms with Gasteiger partial charge in [0.25, 0.3) is 11.1 Å². The van der Waals surface area contributed by atoms with Crippen molar-refractivity contribution in [1.29, 1.82) is 0 Å². The van der Waals surface area contributed by atoms with Crippen molar-refractivity contribution in [2.45, 2.75) is 0 Å². The van der Waals surface area contributed by atoms with E-state index < -0.39 is 17.9 Å². The summed E-state index contributed by atoms with van der Waals surface area (Å²) in [7, 11) is 3.05. The maximum atomic E-state index is 11.9. The molecule has 0 radical (unpaired) electrons. The van der Waals surface area contributed by atoms with Crippen LogP contribution in [0.1, 0.15) is 5.56 Å². The van der Waals surface area contributed by atoms with Crippen LogP contribution in [0.5, 0.6) is 11.5 Å². The van der Waals surface area contributed by atoms with Gasteiger partial charge >= 0.3 is 0 Å². The van der Waals surface area contributed by atoms with E-state index in [1.807, 2.05) is 0 Å². The number of aliphatic hydroxyl groups is 1. The zero-order valence-electron chi connectivity index (χ0n) is 11.0. The molecule has 0 unspecified atom stereocenters. The van der Waals surface area contributed by atoms with Crippen molar-refractivity contribution in [2.75, 3.05) is 21.0 Å². The summed E-state index contributed by atoms with van der Waals surface area (Å²) in [6, 6.07) is 5.14. The Morgan fingerprint density at radius 3 is 2.60 bits per heavy atom. The van der Waals surface area contributed by atoms with Crippen LogP contribution in [-0.2, 0) is 4.79 Å². The van der Waals surface area contributed by atoms with E-state index in [0.29, 0.717) is 17.1 Å². The van der Waals surface area contributed by atoms with Crippen LogP contribution in [0.4, 0.5) is 4.79 Å². The molecule has 1 aromatic carbocycles. The van der Waals surface area contributed by atoms with E-state index in [0.717, 1.165) is 16.7 Å². The van der Waals surface area contributed by atoms with Gasteiger partial charge in [0, 0.05) is 11.6 Å². The number of benzene rings is 1. The second-order valence-electron chi connectivity index (χ2n) is 3.86. The lowest BCUT2D eigenvalue weighted by atomic mass is 10.1. The highest BCUT2D eigenvalue weighted by Crippen LogP contribution is 2.34. The molecule has 1 saturated heterocycles. The first-order valence-electron chi connectivity index (χ1n) is 5.69. The van der Waals surface area contributed by atoms with Crippen molar-refractivity contribution in [1.82, 2.24) is 4.90 Å². The van der Waals surface area contributed by atoms with Crippen LogP contribution in [0.25, 0.3) is 6.08 Å². The third-order valence-electron chi connectivity index (χ3n) is 2.74. The molecule has 0 aromatic heterocycles. The second-order valence-corrected chi connectivity index (χ2v) is 4.85. The van der Waals surface area contributed by atoms with E-state index in [1.54, 1.807) is 31.4 Å². The average Bonchev–Trinajstić information content (AvgIpc) is 2.73. The van der Waals surface area contributed by atoms with Crippen LogP contribution in [0.15, 0.2) is 23.1 Å². The van der Waals surface area contributed by atoms with Crippen molar-refractivity contribution < 1.29 is 24.2 Å². The predicted octanol–water partition coefficient (Wildman–Crippen LogP) is 1.69. The molecule has 0 spiro atoms. The number of rotatable bonds is 4. The molecule has 20 heavy (non-hydrogen) atoms. The van der Waals surface area contributed by atoms with Crippen molar-refractivity contribution in [3.8, 4) is 11.5 Å². The molecule has 1 heterocycles. The number of carbonyl (C=O) groups excluding carboxylic acids is 2. The molecule has 0 bridgehead atoms. The van der Waals surface area contributed by atoms with E-state index in [9.17, 15) is 9.59 Å². The van der Waals surface area contributed by atoms with Gasteiger partial charge in [0.1, 0.15) is 18.2 Å². The van der Waals surface area contributed by atoms with Gasteiger partial charge in [0.15, 0.2) is 0 Å². The third kappa shape index (κ3) is 2.63. The quantitative estimate of drug-likeness (QED) is 0.852. The SMILES string of the molecule is COc1ccc(/C=C2\SC(=O)N(CO)C2=O)c(OC)c1. The van der Waals surface area contributed by atoms with Crippen molar-refractivity contribution in [2.24, 2.45) is 0 Å². The highest BCUT2D eigenvalue weighted by Gasteiger charge is 2.34. The van der Waals surface area contributed by atoms with Crippen LogP contribution < -0.4 is 9.47 Å². The number of methoxy groups -OCH3 is 2. The van der Waals surface area contributed by atoms with Gasteiger partial charge in [-0.25, -0.2) is 4.90 Å². The molecule has 106 valence electrons. The molecule has 1 fully saturated rings. The molecular weight excluding hydrogens is 282 g/mol. The molecular formula is C13H13NO5S. The normalized spacial score (nSPS) is 16.9. The fourth-order valence-electron chi connectivity index (χ4n) is 1.70. The Hall–Kier alpha value is -1.99. The Balaban J connectivity index is 2.36. The largest absolute Gasteiger partial charge is 0.497 e. The van der Waals surface area contributed by atoms with Crippen LogP contribution in [0, 0.1) is 0 Å². The topological polar surface area (TPSA) is 76.1 Å². The van der Waals surface area contributed by atoms with E-state index in [1.165, 1.54) is 7.11 Å². The molecule has 1 aliphatic rings. The minimum atomic E-state index is -0.623. The number of thioether (sulfide) groups is 1. The average molecular weight is 295 g/mol. The van der Waals surface area contributed by atoms with Crippen LogP contribution in [-0.4, -0.2) is 42.1 Å². The van der Waals surface area contributed by atoms with Gasteiger partial charge in [0.2, 0.25) is 0 Å². The van der Waals surface area contributed by atoms with Gasteiger partial charge in [-0.3, -0.25) is 9.59 Å². The first-order valence-corrected chi connectivity index (χ1v) is 6.50. The maximum Gasteiger partial charge on any atom is 0.295 e. The van der Waals surface area contributed by atoms with Crippen LogP contribution in [0.3, 0.4) is 0 Å². The summed E-state index contributed by atoms with van der Waals surface area (Å²) in [5.41, 5.74) is 0.650. The van der Waals surface area contributed by atoms with Gasteiger partial charge in [0.05, 0.1) is 19.1 Å². The van der Waals surface area contributed by atoms with E-state index >= 15 is 0 Å². The highest BCUT2D eigenvalue weighted by atomic mass is 32.2. The Morgan fingerprint density at radius 1 is 1.30 bits per heavy atom. The lowest BCUT2D eigenvalue weighted by Gasteiger charge is -2.08. The van der Waals surface area contributed by atoms with Crippen LogP contribution in [0.2, 0.25) is 0 Å². The summed E-state index contributed by atoms with van der Waals surface area (Å²) in [6.45, 7) is -0.623. The predicted molar refractivity (Wildman–Crippen MR) is 74.4 cm³/mol. The van der Waals surface area contributed by atoms with Crippen molar-refractivity contribution >= 4 is 29.0 Å². The van der Waals surface area contributed by atoms with Crippen LogP contribution >= 0.6 is 11.8 Å². The summed E-state index contributed by atoms with van der Waals surface area (Å²) in [5.74, 6) is 0.642. The molecule has 1 N–H and O–H groups in total. The number of carbonyl (C=O) groups is 2. The van der Waals surface area contributed by atoms with Gasteiger partial charge < -0.3 is 14.6 Å². The summed E-state index contributed by atoms with van der Waals surface area (Å²) < 4.78 is 10.3. The summed E-state index contributed by atoms with van der Waals surface area (Å²) >= 11 is 0.782.